The Morgan fingerprint density at radius 1 is 1.59 bits per heavy atom. The maximum absolute atomic E-state index is 10.5. The molecule has 0 aliphatic carbocycles. The van der Waals surface area contributed by atoms with E-state index in [1.54, 1.807) is 6.07 Å². The fourth-order valence-electron chi connectivity index (χ4n) is 1.36. The first-order valence-corrected chi connectivity index (χ1v) is 5.71. The number of non-ortho nitro benzene ring substituents is 1. The molecular weight excluding hydrogens is 244 g/mol. The van der Waals surface area contributed by atoms with Gasteiger partial charge in [-0.05, 0) is 19.9 Å². The molecule has 1 N–H and O–H groups in total. The summed E-state index contributed by atoms with van der Waals surface area (Å²) in [5, 5.41) is 13.9. The Kier molecular flexibility index (Phi) is 5.18. The normalized spacial score (nSPS) is 12.2. The number of nitrogens with one attached hydrogen (secondary N) is 1. The van der Waals surface area contributed by atoms with E-state index in [0.717, 1.165) is 0 Å². The van der Waals surface area contributed by atoms with Crippen LogP contribution in [0.3, 0.4) is 0 Å². The van der Waals surface area contributed by atoms with Gasteiger partial charge >= 0.3 is 0 Å². The molecule has 1 aromatic rings. The lowest BCUT2D eigenvalue weighted by Gasteiger charge is -2.14. The Labute approximate surface area is 105 Å². The number of ether oxygens (including phenoxy) is 1. The van der Waals surface area contributed by atoms with Crippen LogP contribution in [0.1, 0.15) is 13.8 Å². The van der Waals surface area contributed by atoms with E-state index in [4.69, 9.17) is 16.3 Å². The zero-order valence-corrected chi connectivity index (χ0v) is 10.5. The van der Waals surface area contributed by atoms with Crippen LogP contribution in [0, 0.1) is 10.1 Å². The topological polar surface area (TPSA) is 64.4 Å². The lowest BCUT2D eigenvalue weighted by Crippen LogP contribution is -2.19. The SMILES string of the molecule is CCOC(C)CNc1ccc([N+](=O)[O-])cc1Cl. The van der Waals surface area contributed by atoms with E-state index in [2.05, 4.69) is 5.32 Å². The first kappa shape index (κ1) is 13.7. The molecular formula is C11H15ClN2O3. The van der Waals surface area contributed by atoms with Crippen molar-refractivity contribution >= 4 is 23.0 Å². The monoisotopic (exact) mass is 258 g/mol. The van der Waals surface area contributed by atoms with Crippen molar-refractivity contribution in [1.29, 1.82) is 0 Å². The van der Waals surface area contributed by atoms with Crippen molar-refractivity contribution in [3.05, 3.63) is 33.3 Å². The van der Waals surface area contributed by atoms with Crippen LogP contribution in [-0.4, -0.2) is 24.2 Å². The molecule has 0 heterocycles. The van der Waals surface area contributed by atoms with Crippen LogP contribution < -0.4 is 5.32 Å². The van der Waals surface area contributed by atoms with Crippen LogP contribution in [0.2, 0.25) is 5.02 Å². The Morgan fingerprint density at radius 3 is 2.82 bits per heavy atom. The molecule has 0 saturated carbocycles. The predicted octanol–water partition coefficient (Wildman–Crippen LogP) is 3.09. The fraction of sp³-hybridized carbons (Fsp3) is 0.455. The number of hydrogen-bond donors (Lipinski definition) is 1. The number of nitrogens with zero attached hydrogens (tertiary/aromatic N) is 1. The van der Waals surface area contributed by atoms with Crippen molar-refractivity contribution in [2.45, 2.75) is 20.0 Å². The van der Waals surface area contributed by atoms with E-state index in [-0.39, 0.29) is 11.8 Å². The number of nitro benzene ring substituents is 1. The van der Waals surface area contributed by atoms with Crippen molar-refractivity contribution in [3.63, 3.8) is 0 Å². The number of anilines is 1. The molecule has 0 bridgehead atoms. The van der Waals surface area contributed by atoms with Gasteiger partial charge in [0.15, 0.2) is 0 Å². The Balaban J connectivity index is 2.63. The summed E-state index contributed by atoms with van der Waals surface area (Å²) < 4.78 is 5.35. The van der Waals surface area contributed by atoms with Gasteiger partial charge in [-0.25, -0.2) is 0 Å². The van der Waals surface area contributed by atoms with E-state index in [1.165, 1.54) is 12.1 Å². The second-order valence-corrected chi connectivity index (χ2v) is 3.98. The third-order valence-electron chi connectivity index (χ3n) is 2.19. The predicted molar refractivity (Wildman–Crippen MR) is 67.7 cm³/mol. The minimum atomic E-state index is -0.474. The molecule has 0 aromatic heterocycles. The molecule has 0 aliphatic heterocycles. The number of benzene rings is 1. The quantitative estimate of drug-likeness (QED) is 0.629. The first-order valence-electron chi connectivity index (χ1n) is 5.34. The summed E-state index contributed by atoms with van der Waals surface area (Å²) in [6.45, 7) is 5.12. The summed E-state index contributed by atoms with van der Waals surface area (Å²) in [4.78, 5) is 10.0. The van der Waals surface area contributed by atoms with Gasteiger partial charge < -0.3 is 10.1 Å². The van der Waals surface area contributed by atoms with Crippen molar-refractivity contribution in [2.75, 3.05) is 18.5 Å². The summed E-state index contributed by atoms with van der Waals surface area (Å²) in [5.41, 5.74) is 0.655. The van der Waals surface area contributed by atoms with Gasteiger partial charge in [0.1, 0.15) is 0 Å². The summed E-state index contributed by atoms with van der Waals surface area (Å²) in [5.74, 6) is 0. The Morgan fingerprint density at radius 2 is 2.29 bits per heavy atom. The van der Waals surface area contributed by atoms with Gasteiger partial charge in [-0.3, -0.25) is 10.1 Å². The van der Waals surface area contributed by atoms with Gasteiger partial charge in [-0.15, -0.1) is 0 Å². The van der Waals surface area contributed by atoms with Crippen molar-refractivity contribution in [2.24, 2.45) is 0 Å². The number of hydrogen-bond acceptors (Lipinski definition) is 4. The highest BCUT2D eigenvalue weighted by molar-refractivity contribution is 6.33. The zero-order chi connectivity index (χ0) is 12.8. The average molecular weight is 259 g/mol. The molecule has 0 aliphatic rings. The maximum Gasteiger partial charge on any atom is 0.271 e. The average Bonchev–Trinajstić information content (AvgIpc) is 2.27. The molecule has 94 valence electrons. The molecule has 1 unspecified atom stereocenters. The number of rotatable bonds is 6. The van der Waals surface area contributed by atoms with E-state index in [1.807, 2.05) is 13.8 Å². The van der Waals surface area contributed by atoms with Crippen LogP contribution in [0.25, 0.3) is 0 Å². The Bertz CT molecular complexity index is 398. The Hall–Kier alpha value is -1.33. The highest BCUT2D eigenvalue weighted by Crippen LogP contribution is 2.26. The first-order chi connectivity index (χ1) is 8.04. The highest BCUT2D eigenvalue weighted by atomic mass is 35.5. The lowest BCUT2D eigenvalue weighted by atomic mass is 10.2. The van der Waals surface area contributed by atoms with Gasteiger partial charge in [-0.1, -0.05) is 11.6 Å². The molecule has 1 aromatic carbocycles. The van der Waals surface area contributed by atoms with Gasteiger partial charge in [0.2, 0.25) is 0 Å². The second kappa shape index (κ2) is 6.42. The minimum Gasteiger partial charge on any atom is -0.381 e. The molecule has 5 nitrogen and oxygen atoms in total. The number of halogens is 1. The zero-order valence-electron chi connectivity index (χ0n) is 9.77. The third-order valence-corrected chi connectivity index (χ3v) is 2.51. The summed E-state index contributed by atoms with van der Waals surface area (Å²) in [6.07, 6.45) is 0.0614. The molecule has 17 heavy (non-hydrogen) atoms. The molecule has 0 fully saturated rings. The molecule has 1 atom stereocenters. The van der Waals surface area contributed by atoms with Gasteiger partial charge in [0, 0.05) is 25.3 Å². The fourth-order valence-corrected chi connectivity index (χ4v) is 1.60. The molecule has 0 spiro atoms. The van der Waals surface area contributed by atoms with Crippen LogP contribution in [0.15, 0.2) is 18.2 Å². The number of nitro groups is 1. The van der Waals surface area contributed by atoms with E-state index in [0.29, 0.717) is 23.9 Å². The summed E-state index contributed by atoms with van der Waals surface area (Å²) in [6, 6.07) is 4.34. The maximum atomic E-state index is 10.5. The largest absolute Gasteiger partial charge is 0.381 e. The van der Waals surface area contributed by atoms with E-state index >= 15 is 0 Å². The van der Waals surface area contributed by atoms with Crippen molar-refractivity contribution in [1.82, 2.24) is 0 Å². The molecule has 0 radical (unpaired) electrons. The third kappa shape index (κ3) is 4.20. The van der Waals surface area contributed by atoms with Gasteiger partial charge in [-0.2, -0.15) is 0 Å². The molecule has 0 amide bonds. The molecule has 0 saturated heterocycles. The summed E-state index contributed by atoms with van der Waals surface area (Å²) in [7, 11) is 0. The van der Waals surface area contributed by atoms with Crippen LogP contribution in [0.5, 0.6) is 0 Å². The summed E-state index contributed by atoms with van der Waals surface area (Å²) >= 11 is 5.93. The van der Waals surface area contributed by atoms with Gasteiger partial charge in [0.05, 0.1) is 21.7 Å². The van der Waals surface area contributed by atoms with Crippen LogP contribution in [0.4, 0.5) is 11.4 Å². The smallest absolute Gasteiger partial charge is 0.271 e. The van der Waals surface area contributed by atoms with Crippen molar-refractivity contribution in [3.8, 4) is 0 Å². The van der Waals surface area contributed by atoms with E-state index in [9.17, 15) is 10.1 Å². The molecule has 1 rings (SSSR count). The van der Waals surface area contributed by atoms with Crippen LogP contribution in [-0.2, 0) is 4.74 Å². The van der Waals surface area contributed by atoms with Crippen LogP contribution >= 0.6 is 11.6 Å². The van der Waals surface area contributed by atoms with Gasteiger partial charge in [0.25, 0.3) is 5.69 Å². The standard InChI is InChI=1S/C11H15ClN2O3/c1-3-17-8(2)7-13-11-5-4-9(14(15)16)6-10(11)12/h4-6,8,13H,3,7H2,1-2H3. The molecule has 6 heteroatoms. The van der Waals surface area contributed by atoms with Crippen molar-refractivity contribution < 1.29 is 9.66 Å². The lowest BCUT2D eigenvalue weighted by molar-refractivity contribution is -0.384. The van der Waals surface area contributed by atoms with E-state index < -0.39 is 4.92 Å². The minimum absolute atomic E-state index is 0.0154. The highest BCUT2D eigenvalue weighted by Gasteiger charge is 2.09. The second-order valence-electron chi connectivity index (χ2n) is 3.57.